The number of aliphatic hydroxyl groups is 2. The maximum Gasteiger partial charge on any atom is 0.0585 e. The fraction of sp³-hybridized carbons (Fsp3) is 0.450. The molecule has 2 aliphatic carbocycles. The molecule has 2 atom stereocenters. The third-order valence-electron chi connectivity index (χ3n) is 8.24. The monoisotopic (exact) mass is 568 g/mol. The first-order chi connectivity index (χ1) is 19.6. The highest BCUT2D eigenvalue weighted by Crippen LogP contribution is 2.42. The second-order valence-corrected chi connectivity index (χ2v) is 13.7. The van der Waals surface area contributed by atoms with Gasteiger partial charge in [-0.1, -0.05) is 146 Å². The molecule has 2 nitrogen and oxygen atoms in total. The minimum atomic E-state index is -0.227. The van der Waals surface area contributed by atoms with Crippen molar-refractivity contribution in [2.24, 2.45) is 10.8 Å². The molecule has 0 aromatic rings. The summed E-state index contributed by atoms with van der Waals surface area (Å²) in [4.78, 5) is 0. The van der Waals surface area contributed by atoms with Crippen molar-refractivity contribution in [1.82, 2.24) is 0 Å². The standard InChI is InChI=1S/C40H56O2/c1-29(17-13-19-31(3)21-23-37-33(5)25-35(41)27-39(37,7)8)15-11-12-16-30(2)18-14-20-32(4)22-24-38-34(6)26-36(42)28-40(38,9)10/h11-24,35-36,41-42H,25-28H2,1-10H3/b12-11?,17-13+,18-14?,23-21?,24-22?,29-15?,30-16?,31-19+,32-20?/t35-,36-/m1/s1. The van der Waals surface area contributed by atoms with E-state index in [1.807, 2.05) is 0 Å². The Morgan fingerprint density at radius 3 is 1.19 bits per heavy atom. The van der Waals surface area contributed by atoms with E-state index in [1.165, 1.54) is 44.6 Å². The van der Waals surface area contributed by atoms with Crippen molar-refractivity contribution in [3.63, 3.8) is 0 Å². The molecule has 0 radical (unpaired) electrons. The summed E-state index contributed by atoms with van der Waals surface area (Å²) >= 11 is 0. The predicted molar refractivity (Wildman–Crippen MR) is 184 cm³/mol. The minimum Gasteiger partial charge on any atom is -0.393 e. The lowest BCUT2D eigenvalue weighted by Crippen LogP contribution is -2.28. The van der Waals surface area contributed by atoms with Crippen LogP contribution in [0.3, 0.4) is 0 Å². The Bertz CT molecular complexity index is 1190. The van der Waals surface area contributed by atoms with Gasteiger partial charge in [-0.2, -0.15) is 0 Å². The fourth-order valence-corrected chi connectivity index (χ4v) is 6.13. The molecule has 42 heavy (non-hydrogen) atoms. The molecule has 0 bridgehead atoms. The highest BCUT2D eigenvalue weighted by atomic mass is 16.3. The maximum atomic E-state index is 10.1. The zero-order chi connectivity index (χ0) is 31.5. The van der Waals surface area contributed by atoms with E-state index in [1.54, 1.807) is 0 Å². The third kappa shape index (κ3) is 11.7. The van der Waals surface area contributed by atoms with Crippen LogP contribution in [0.1, 0.15) is 94.9 Å². The number of aliphatic hydroxyl groups excluding tert-OH is 2. The van der Waals surface area contributed by atoms with E-state index in [2.05, 4.69) is 154 Å². The van der Waals surface area contributed by atoms with Gasteiger partial charge < -0.3 is 10.2 Å². The van der Waals surface area contributed by atoms with Gasteiger partial charge in [0.25, 0.3) is 0 Å². The van der Waals surface area contributed by atoms with Gasteiger partial charge in [-0.3, -0.25) is 0 Å². The van der Waals surface area contributed by atoms with Gasteiger partial charge in [0.1, 0.15) is 0 Å². The average Bonchev–Trinajstić information content (AvgIpc) is 2.84. The van der Waals surface area contributed by atoms with Crippen LogP contribution in [0.25, 0.3) is 0 Å². The number of hydrogen-bond donors (Lipinski definition) is 2. The molecule has 0 spiro atoms. The molecule has 0 amide bonds. The lowest BCUT2D eigenvalue weighted by Gasteiger charge is -2.35. The lowest BCUT2D eigenvalue weighted by molar-refractivity contribution is 0.116. The number of hydrogen-bond acceptors (Lipinski definition) is 2. The van der Waals surface area contributed by atoms with Crippen LogP contribution in [-0.2, 0) is 0 Å². The third-order valence-corrected chi connectivity index (χ3v) is 8.24. The van der Waals surface area contributed by atoms with Crippen molar-refractivity contribution in [2.75, 3.05) is 0 Å². The first-order valence-electron chi connectivity index (χ1n) is 15.5. The van der Waals surface area contributed by atoms with Crippen LogP contribution >= 0.6 is 0 Å². The average molecular weight is 569 g/mol. The van der Waals surface area contributed by atoms with Gasteiger partial charge in [0, 0.05) is 0 Å². The molecule has 228 valence electrons. The number of allylic oxidation sites excluding steroid dienone is 20. The molecule has 0 saturated heterocycles. The summed E-state index contributed by atoms with van der Waals surface area (Å²) in [6.07, 6.45) is 32.6. The van der Waals surface area contributed by atoms with Gasteiger partial charge in [-0.05, 0) is 89.2 Å². The normalized spacial score (nSPS) is 25.0. The Kier molecular flexibility index (Phi) is 13.5. The second-order valence-electron chi connectivity index (χ2n) is 13.7. The maximum absolute atomic E-state index is 10.1. The molecule has 0 unspecified atom stereocenters. The van der Waals surface area contributed by atoms with Crippen LogP contribution < -0.4 is 0 Å². The fourth-order valence-electron chi connectivity index (χ4n) is 6.13. The summed E-state index contributed by atoms with van der Waals surface area (Å²) in [6.45, 7) is 21.6. The van der Waals surface area contributed by atoms with Gasteiger partial charge in [0.2, 0.25) is 0 Å². The van der Waals surface area contributed by atoms with Crippen molar-refractivity contribution >= 4 is 0 Å². The van der Waals surface area contributed by atoms with Gasteiger partial charge in [0.15, 0.2) is 0 Å². The van der Waals surface area contributed by atoms with Gasteiger partial charge in [-0.25, -0.2) is 0 Å². The van der Waals surface area contributed by atoms with Crippen molar-refractivity contribution in [2.45, 2.75) is 107 Å². The van der Waals surface area contributed by atoms with E-state index in [4.69, 9.17) is 0 Å². The Morgan fingerprint density at radius 1 is 0.548 bits per heavy atom. The topological polar surface area (TPSA) is 40.5 Å². The summed E-state index contributed by atoms with van der Waals surface area (Å²) in [5, 5.41) is 20.2. The van der Waals surface area contributed by atoms with Crippen molar-refractivity contribution in [3.8, 4) is 0 Å². The molecule has 0 aliphatic heterocycles. The van der Waals surface area contributed by atoms with Gasteiger partial charge in [-0.15, -0.1) is 0 Å². The van der Waals surface area contributed by atoms with Crippen LogP contribution in [-0.4, -0.2) is 22.4 Å². The van der Waals surface area contributed by atoms with Crippen LogP contribution in [0.15, 0.2) is 130 Å². The van der Waals surface area contributed by atoms with Gasteiger partial charge in [0.05, 0.1) is 12.2 Å². The Morgan fingerprint density at radius 2 is 0.857 bits per heavy atom. The van der Waals surface area contributed by atoms with Crippen LogP contribution in [0.2, 0.25) is 0 Å². The molecule has 0 saturated carbocycles. The highest BCUT2D eigenvalue weighted by molar-refractivity contribution is 5.39. The molecule has 2 heteroatoms. The Hall–Kier alpha value is -2.94. The van der Waals surface area contributed by atoms with Crippen molar-refractivity contribution < 1.29 is 10.2 Å². The first-order valence-corrected chi connectivity index (χ1v) is 15.5. The van der Waals surface area contributed by atoms with E-state index in [0.29, 0.717) is 0 Å². The molecule has 0 fully saturated rings. The van der Waals surface area contributed by atoms with Crippen LogP contribution in [0.4, 0.5) is 0 Å². The molecule has 2 N–H and O–H groups in total. The predicted octanol–water partition coefficient (Wildman–Crippen LogP) is 10.5. The van der Waals surface area contributed by atoms with E-state index in [0.717, 1.165) is 25.7 Å². The summed E-state index contributed by atoms with van der Waals surface area (Å²) in [5.74, 6) is 0. The minimum absolute atomic E-state index is 0.00547. The largest absolute Gasteiger partial charge is 0.393 e. The smallest absolute Gasteiger partial charge is 0.0585 e. The zero-order valence-electron chi connectivity index (χ0n) is 28.0. The summed E-state index contributed by atoms with van der Waals surface area (Å²) < 4.78 is 0. The van der Waals surface area contributed by atoms with Crippen molar-refractivity contribution in [3.05, 3.63) is 130 Å². The molecule has 2 rings (SSSR count). The van der Waals surface area contributed by atoms with Crippen LogP contribution in [0, 0.1) is 10.8 Å². The summed E-state index contributed by atoms with van der Waals surface area (Å²) in [6, 6.07) is 0. The summed E-state index contributed by atoms with van der Waals surface area (Å²) in [5.41, 5.74) is 10.1. The molecule has 0 aromatic heterocycles. The van der Waals surface area contributed by atoms with Crippen LogP contribution in [0.5, 0.6) is 0 Å². The summed E-state index contributed by atoms with van der Waals surface area (Å²) in [7, 11) is 0. The quantitative estimate of drug-likeness (QED) is 0.257. The molecular formula is C40H56O2. The highest BCUT2D eigenvalue weighted by Gasteiger charge is 2.32. The van der Waals surface area contributed by atoms with E-state index in [-0.39, 0.29) is 23.0 Å². The molecule has 0 heterocycles. The van der Waals surface area contributed by atoms with E-state index >= 15 is 0 Å². The second kappa shape index (κ2) is 16.1. The first kappa shape index (κ1) is 35.3. The van der Waals surface area contributed by atoms with E-state index < -0.39 is 0 Å². The van der Waals surface area contributed by atoms with Gasteiger partial charge >= 0.3 is 0 Å². The van der Waals surface area contributed by atoms with E-state index in [9.17, 15) is 10.2 Å². The molecule has 2 aliphatic rings. The lowest BCUT2D eigenvalue weighted by atomic mass is 9.71. The number of rotatable bonds is 10. The Labute approximate surface area is 257 Å². The zero-order valence-corrected chi connectivity index (χ0v) is 28.0. The van der Waals surface area contributed by atoms with Crippen molar-refractivity contribution in [1.29, 1.82) is 0 Å². The molecular weight excluding hydrogens is 512 g/mol. The molecule has 0 aromatic carbocycles. The Balaban J connectivity index is 1.90. The SMILES string of the molecule is CC(C=CC=C(C)C=CC1=C(C)C[C@@H](O)CC1(C)C)=CC=CC=C(C)/C=C/C=C(\C)C=CC1=C(C)C[C@@H](O)CC1(C)C.